The van der Waals surface area contributed by atoms with Crippen LogP contribution in [0, 0.1) is 0 Å². The molecule has 1 heterocycles. The van der Waals surface area contributed by atoms with Crippen LogP contribution in [-0.2, 0) is 4.79 Å². The van der Waals surface area contributed by atoms with Crippen LogP contribution >= 0.6 is 0 Å². The van der Waals surface area contributed by atoms with E-state index in [0.29, 0.717) is 0 Å². The van der Waals surface area contributed by atoms with E-state index in [-0.39, 0.29) is 5.91 Å². The molecule has 3 nitrogen and oxygen atoms in total. The van der Waals surface area contributed by atoms with Crippen LogP contribution in [0.25, 0.3) is 0 Å². The fourth-order valence-electron chi connectivity index (χ4n) is 1.03. The van der Waals surface area contributed by atoms with Crippen molar-refractivity contribution in [3.8, 4) is 0 Å². The van der Waals surface area contributed by atoms with Gasteiger partial charge >= 0.3 is 0 Å². The monoisotopic (exact) mass is 144 g/mol. The number of likely N-dealkylation sites (tertiary alicyclic amines) is 1. The molecular formula is C7H16N2O. The van der Waals surface area contributed by atoms with E-state index in [4.69, 9.17) is 0 Å². The number of rotatable bonds is 0. The molecule has 0 spiro atoms. The van der Waals surface area contributed by atoms with Crippen molar-refractivity contribution in [2.75, 3.05) is 20.1 Å². The number of hydrogen-bond acceptors (Lipinski definition) is 2. The fourth-order valence-corrected chi connectivity index (χ4v) is 1.03. The molecule has 0 atom stereocenters. The van der Waals surface area contributed by atoms with Crippen molar-refractivity contribution < 1.29 is 4.79 Å². The molecule has 1 saturated heterocycles. The lowest BCUT2D eigenvalue weighted by Crippen LogP contribution is -2.24. The van der Waals surface area contributed by atoms with Crippen LogP contribution in [0.1, 0.15) is 19.8 Å². The van der Waals surface area contributed by atoms with Crippen LogP contribution in [-0.4, -0.2) is 30.9 Å². The van der Waals surface area contributed by atoms with Crippen LogP contribution < -0.4 is 5.73 Å². The standard InChI is InChI=1S/C6H11NO.CH5N/c1-6(8)7-4-2-3-5-7;1-2/h2-5H2,1H3;2H2,1H3. The molecule has 0 aromatic heterocycles. The summed E-state index contributed by atoms with van der Waals surface area (Å²) in [7, 11) is 1.50. The first kappa shape index (κ1) is 9.43. The van der Waals surface area contributed by atoms with Crippen molar-refractivity contribution in [2.24, 2.45) is 5.73 Å². The number of nitrogens with zero attached hydrogens (tertiary/aromatic N) is 1. The zero-order valence-electron chi connectivity index (χ0n) is 6.76. The van der Waals surface area contributed by atoms with Crippen molar-refractivity contribution in [3.05, 3.63) is 0 Å². The van der Waals surface area contributed by atoms with Gasteiger partial charge in [0, 0.05) is 20.0 Å². The van der Waals surface area contributed by atoms with E-state index in [2.05, 4.69) is 5.73 Å². The summed E-state index contributed by atoms with van der Waals surface area (Å²) in [5.41, 5.74) is 4.50. The molecule has 0 aliphatic carbocycles. The number of hydrogen-bond donors (Lipinski definition) is 1. The third-order valence-corrected chi connectivity index (χ3v) is 1.55. The van der Waals surface area contributed by atoms with Gasteiger partial charge in [0.15, 0.2) is 0 Å². The quantitative estimate of drug-likeness (QED) is 0.528. The van der Waals surface area contributed by atoms with E-state index >= 15 is 0 Å². The average Bonchev–Trinajstić information content (AvgIpc) is 2.42. The lowest BCUT2D eigenvalue weighted by molar-refractivity contribution is -0.127. The fraction of sp³-hybridized carbons (Fsp3) is 0.857. The van der Waals surface area contributed by atoms with Crippen molar-refractivity contribution in [3.63, 3.8) is 0 Å². The second-order valence-corrected chi connectivity index (χ2v) is 2.21. The third-order valence-electron chi connectivity index (χ3n) is 1.55. The first-order chi connectivity index (χ1) is 4.80. The normalized spacial score (nSPS) is 16.1. The predicted octanol–water partition coefficient (Wildman–Crippen LogP) is 0.204. The van der Waals surface area contributed by atoms with Gasteiger partial charge in [-0.2, -0.15) is 0 Å². The van der Waals surface area contributed by atoms with Gasteiger partial charge in [-0.05, 0) is 19.9 Å². The Morgan fingerprint density at radius 2 is 1.70 bits per heavy atom. The van der Waals surface area contributed by atoms with Crippen LogP contribution in [0.5, 0.6) is 0 Å². The third kappa shape index (κ3) is 2.82. The smallest absolute Gasteiger partial charge is 0.219 e. The molecule has 0 aromatic carbocycles. The molecule has 1 aliphatic heterocycles. The molecule has 1 amide bonds. The lowest BCUT2D eigenvalue weighted by atomic mass is 10.4. The highest BCUT2D eigenvalue weighted by Gasteiger charge is 2.12. The van der Waals surface area contributed by atoms with Crippen LogP contribution in [0.15, 0.2) is 0 Å². The zero-order chi connectivity index (χ0) is 7.98. The highest BCUT2D eigenvalue weighted by atomic mass is 16.2. The van der Waals surface area contributed by atoms with Gasteiger partial charge in [0.05, 0.1) is 0 Å². The zero-order valence-corrected chi connectivity index (χ0v) is 6.76. The highest BCUT2D eigenvalue weighted by molar-refractivity contribution is 5.73. The summed E-state index contributed by atoms with van der Waals surface area (Å²) >= 11 is 0. The maximum atomic E-state index is 10.6. The summed E-state index contributed by atoms with van der Waals surface area (Å²) in [5.74, 6) is 0.225. The Hall–Kier alpha value is -0.570. The van der Waals surface area contributed by atoms with Gasteiger partial charge in [0.25, 0.3) is 0 Å². The lowest BCUT2D eigenvalue weighted by Gasteiger charge is -2.10. The van der Waals surface area contributed by atoms with Crippen LogP contribution in [0.4, 0.5) is 0 Å². The first-order valence-corrected chi connectivity index (χ1v) is 3.64. The number of nitrogens with two attached hydrogens (primary N) is 1. The van der Waals surface area contributed by atoms with Crippen molar-refractivity contribution >= 4 is 5.91 Å². The molecule has 1 rings (SSSR count). The van der Waals surface area contributed by atoms with Crippen molar-refractivity contribution in [1.29, 1.82) is 0 Å². The molecule has 0 saturated carbocycles. The second kappa shape index (κ2) is 5.23. The molecule has 60 valence electrons. The molecule has 0 radical (unpaired) electrons. The summed E-state index contributed by atoms with van der Waals surface area (Å²) in [4.78, 5) is 12.5. The molecule has 3 heteroatoms. The second-order valence-electron chi connectivity index (χ2n) is 2.21. The topological polar surface area (TPSA) is 46.3 Å². The summed E-state index contributed by atoms with van der Waals surface area (Å²) in [5, 5.41) is 0. The van der Waals surface area contributed by atoms with E-state index in [1.54, 1.807) is 6.92 Å². The van der Waals surface area contributed by atoms with Crippen LogP contribution in [0.2, 0.25) is 0 Å². The minimum Gasteiger partial charge on any atom is -0.343 e. The Labute approximate surface area is 62.2 Å². The minimum atomic E-state index is 0.225. The van der Waals surface area contributed by atoms with Gasteiger partial charge in [-0.3, -0.25) is 4.79 Å². The molecule has 10 heavy (non-hydrogen) atoms. The largest absolute Gasteiger partial charge is 0.343 e. The molecule has 0 bridgehead atoms. The number of amides is 1. The molecule has 0 aromatic rings. The maximum absolute atomic E-state index is 10.6. The highest BCUT2D eigenvalue weighted by Crippen LogP contribution is 2.05. The van der Waals surface area contributed by atoms with E-state index < -0.39 is 0 Å². The SMILES string of the molecule is CC(=O)N1CCCC1.CN. The van der Waals surface area contributed by atoms with Gasteiger partial charge in [-0.15, -0.1) is 0 Å². The Morgan fingerprint density at radius 3 is 1.90 bits per heavy atom. The van der Waals surface area contributed by atoms with Crippen molar-refractivity contribution in [1.82, 2.24) is 4.90 Å². The molecule has 1 fully saturated rings. The minimum absolute atomic E-state index is 0.225. The summed E-state index contributed by atoms with van der Waals surface area (Å²) in [6, 6.07) is 0. The van der Waals surface area contributed by atoms with E-state index in [1.165, 1.54) is 19.9 Å². The van der Waals surface area contributed by atoms with Gasteiger partial charge in [-0.25, -0.2) is 0 Å². The Kier molecular flexibility index (Phi) is 4.94. The molecule has 0 unspecified atom stereocenters. The van der Waals surface area contributed by atoms with E-state index in [1.807, 2.05) is 4.90 Å². The predicted molar refractivity (Wildman–Crippen MR) is 41.6 cm³/mol. The van der Waals surface area contributed by atoms with E-state index in [0.717, 1.165) is 13.1 Å². The number of carbonyl (C=O) groups excluding carboxylic acids is 1. The average molecular weight is 144 g/mol. The maximum Gasteiger partial charge on any atom is 0.219 e. The number of carbonyl (C=O) groups is 1. The summed E-state index contributed by atoms with van der Waals surface area (Å²) < 4.78 is 0. The molecule has 2 N–H and O–H groups in total. The molecule has 1 aliphatic rings. The van der Waals surface area contributed by atoms with Gasteiger partial charge in [0.2, 0.25) is 5.91 Å². The first-order valence-electron chi connectivity index (χ1n) is 3.64. The summed E-state index contributed by atoms with van der Waals surface area (Å²) in [6.45, 7) is 3.59. The molecular weight excluding hydrogens is 128 g/mol. The van der Waals surface area contributed by atoms with Crippen LogP contribution in [0.3, 0.4) is 0 Å². The van der Waals surface area contributed by atoms with Gasteiger partial charge in [-0.1, -0.05) is 0 Å². The van der Waals surface area contributed by atoms with Crippen molar-refractivity contribution in [2.45, 2.75) is 19.8 Å². The summed E-state index contributed by atoms with van der Waals surface area (Å²) in [6.07, 6.45) is 2.39. The Morgan fingerprint density at radius 1 is 1.30 bits per heavy atom. The van der Waals surface area contributed by atoms with Gasteiger partial charge < -0.3 is 10.6 Å². The Balaban J connectivity index is 0.000000371. The van der Waals surface area contributed by atoms with Gasteiger partial charge in [0.1, 0.15) is 0 Å². The Bertz CT molecular complexity index is 97.8. The van der Waals surface area contributed by atoms with E-state index in [9.17, 15) is 4.79 Å².